The highest BCUT2D eigenvalue weighted by Gasteiger charge is 2.24. The molecule has 0 atom stereocenters. The number of hydrogen-bond acceptors (Lipinski definition) is 4. The zero-order valence-electron chi connectivity index (χ0n) is 17.3. The van der Waals surface area contributed by atoms with Crippen LogP contribution in [0.15, 0.2) is 59.5 Å². The van der Waals surface area contributed by atoms with Crippen LogP contribution in [0.4, 0.5) is 16.2 Å². The summed E-state index contributed by atoms with van der Waals surface area (Å²) in [7, 11) is -3.51. The van der Waals surface area contributed by atoms with E-state index >= 15 is 0 Å². The first-order valence-corrected chi connectivity index (χ1v) is 11.9. The number of carbonyl (C=O) groups excluding carboxylic acids is 2. The molecule has 166 valence electrons. The van der Waals surface area contributed by atoms with E-state index in [9.17, 15) is 18.0 Å². The van der Waals surface area contributed by atoms with Crippen molar-refractivity contribution in [2.24, 2.45) is 0 Å². The van der Waals surface area contributed by atoms with E-state index in [4.69, 9.17) is 0 Å². The number of para-hydroxylation sites is 1. The van der Waals surface area contributed by atoms with Crippen molar-refractivity contribution in [2.75, 3.05) is 30.3 Å². The number of benzene rings is 2. The quantitative estimate of drug-likeness (QED) is 0.608. The van der Waals surface area contributed by atoms with E-state index in [0.29, 0.717) is 24.5 Å². The minimum absolute atomic E-state index is 0.0933. The Labute approximate surface area is 183 Å². The van der Waals surface area contributed by atoms with Crippen molar-refractivity contribution >= 4 is 33.3 Å². The SMILES string of the molecule is O=C(CCNC(=O)Nc1ccccc1)Nc1ccc(S(=O)(=O)N2CCCCCC2)cc1. The smallest absolute Gasteiger partial charge is 0.319 e. The van der Waals surface area contributed by atoms with Crippen molar-refractivity contribution in [1.29, 1.82) is 0 Å². The Morgan fingerprint density at radius 1 is 0.806 bits per heavy atom. The maximum atomic E-state index is 12.8. The lowest BCUT2D eigenvalue weighted by atomic mass is 10.2. The minimum atomic E-state index is -3.51. The summed E-state index contributed by atoms with van der Waals surface area (Å²) in [6.45, 7) is 1.27. The van der Waals surface area contributed by atoms with Gasteiger partial charge in [0.2, 0.25) is 15.9 Å². The van der Waals surface area contributed by atoms with E-state index < -0.39 is 10.0 Å². The van der Waals surface area contributed by atoms with Crippen LogP contribution in [0, 0.1) is 0 Å². The highest BCUT2D eigenvalue weighted by atomic mass is 32.2. The number of anilines is 2. The molecule has 31 heavy (non-hydrogen) atoms. The van der Waals surface area contributed by atoms with Crippen molar-refractivity contribution in [1.82, 2.24) is 9.62 Å². The Morgan fingerprint density at radius 2 is 1.42 bits per heavy atom. The van der Waals surface area contributed by atoms with Gasteiger partial charge in [-0.05, 0) is 49.2 Å². The summed E-state index contributed by atoms with van der Waals surface area (Å²) < 4.78 is 27.1. The molecular weight excluding hydrogens is 416 g/mol. The highest BCUT2D eigenvalue weighted by Crippen LogP contribution is 2.21. The average Bonchev–Trinajstić information content (AvgIpc) is 3.05. The topological polar surface area (TPSA) is 108 Å². The second-order valence-electron chi connectivity index (χ2n) is 7.39. The molecule has 8 nitrogen and oxygen atoms in total. The number of sulfonamides is 1. The van der Waals surface area contributed by atoms with Crippen LogP contribution in [0.2, 0.25) is 0 Å². The fourth-order valence-corrected chi connectivity index (χ4v) is 4.87. The van der Waals surface area contributed by atoms with Crippen LogP contribution in [0.25, 0.3) is 0 Å². The molecule has 1 aliphatic rings. The molecule has 2 aromatic rings. The van der Waals surface area contributed by atoms with Crippen molar-refractivity contribution < 1.29 is 18.0 Å². The van der Waals surface area contributed by atoms with Gasteiger partial charge < -0.3 is 16.0 Å². The molecular formula is C22H28N4O4S. The molecule has 0 unspecified atom stereocenters. The van der Waals surface area contributed by atoms with Gasteiger partial charge in [-0.1, -0.05) is 31.0 Å². The van der Waals surface area contributed by atoms with Gasteiger partial charge in [-0.15, -0.1) is 0 Å². The van der Waals surface area contributed by atoms with Crippen LogP contribution in [-0.4, -0.2) is 44.3 Å². The molecule has 0 aliphatic carbocycles. The Kier molecular flexibility index (Phi) is 8.02. The molecule has 3 N–H and O–H groups in total. The maximum absolute atomic E-state index is 12.8. The van der Waals surface area contributed by atoms with E-state index in [-0.39, 0.29) is 29.8 Å². The molecule has 1 saturated heterocycles. The van der Waals surface area contributed by atoms with E-state index in [1.807, 2.05) is 18.2 Å². The first-order valence-electron chi connectivity index (χ1n) is 10.4. The molecule has 0 aromatic heterocycles. The third-order valence-electron chi connectivity index (χ3n) is 5.01. The summed E-state index contributed by atoms with van der Waals surface area (Å²) in [6, 6.07) is 14.8. The summed E-state index contributed by atoms with van der Waals surface area (Å²) in [6.07, 6.45) is 3.96. The summed E-state index contributed by atoms with van der Waals surface area (Å²) in [4.78, 5) is 24.2. The lowest BCUT2D eigenvalue weighted by Crippen LogP contribution is -2.32. The van der Waals surface area contributed by atoms with Crippen LogP contribution in [-0.2, 0) is 14.8 Å². The van der Waals surface area contributed by atoms with Crippen molar-refractivity contribution in [3.8, 4) is 0 Å². The molecule has 0 bridgehead atoms. The van der Waals surface area contributed by atoms with Gasteiger partial charge in [-0.25, -0.2) is 13.2 Å². The molecule has 3 rings (SSSR count). The van der Waals surface area contributed by atoms with E-state index in [1.54, 1.807) is 28.6 Å². The van der Waals surface area contributed by atoms with Gasteiger partial charge in [-0.3, -0.25) is 4.79 Å². The number of carbonyl (C=O) groups is 2. The predicted molar refractivity (Wildman–Crippen MR) is 120 cm³/mol. The third-order valence-corrected chi connectivity index (χ3v) is 6.92. The van der Waals surface area contributed by atoms with Gasteiger partial charge in [-0.2, -0.15) is 4.31 Å². The number of urea groups is 1. The Morgan fingerprint density at radius 3 is 2.06 bits per heavy atom. The van der Waals surface area contributed by atoms with Gasteiger partial charge >= 0.3 is 6.03 Å². The molecule has 9 heteroatoms. The first kappa shape index (κ1) is 22.8. The zero-order chi connectivity index (χ0) is 22.1. The number of nitrogens with one attached hydrogen (secondary N) is 3. The highest BCUT2D eigenvalue weighted by molar-refractivity contribution is 7.89. The standard InChI is InChI=1S/C22H28N4O4S/c27-21(14-15-23-22(28)25-18-8-4-3-5-9-18)24-19-10-12-20(13-11-19)31(29,30)26-16-6-1-2-7-17-26/h3-5,8-13H,1-2,6-7,14-17H2,(H,24,27)(H2,23,25,28). The van der Waals surface area contributed by atoms with Gasteiger partial charge in [0.05, 0.1) is 4.90 Å². The average molecular weight is 445 g/mol. The van der Waals surface area contributed by atoms with E-state index in [1.165, 1.54) is 12.1 Å². The molecule has 0 radical (unpaired) electrons. The summed E-state index contributed by atoms with van der Waals surface area (Å²) >= 11 is 0. The fraction of sp³-hybridized carbons (Fsp3) is 0.364. The molecule has 1 aliphatic heterocycles. The lowest BCUT2D eigenvalue weighted by molar-refractivity contribution is -0.116. The van der Waals surface area contributed by atoms with Crippen LogP contribution in [0.1, 0.15) is 32.1 Å². The second-order valence-corrected chi connectivity index (χ2v) is 9.33. The minimum Gasteiger partial charge on any atom is -0.337 e. The monoisotopic (exact) mass is 444 g/mol. The molecule has 0 saturated carbocycles. The van der Waals surface area contributed by atoms with Crippen molar-refractivity contribution in [3.05, 3.63) is 54.6 Å². The van der Waals surface area contributed by atoms with Crippen LogP contribution >= 0.6 is 0 Å². The normalized spacial score (nSPS) is 15.0. The predicted octanol–water partition coefficient (Wildman–Crippen LogP) is 3.40. The second kappa shape index (κ2) is 10.9. The number of hydrogen-bond donors (Lipinski definition) is 3. The Hall–Kier alpha value is -2.91. The van der Waals surface area contributed by atoms with Gasteiger partial charge in [0.1, 0.15) is 0 Å². The van der Waals surface area contributed by atoms with Gasteiger partial charge in [0.25, 0.3) is 0 Å². The molecule has 1 fully saturated rings. The van der Waals surface area contributed by atoms with Crippen LogP contribution in [0.3, 0.4) is 0 Å². The van der Waals surface area contributed by atoms with E-state index in [2.05, 4.69) is 16.0 Å². The van der Waals surface area contributed by atoms with Crippen LogP contribution < -0.4 is 16.0 Å². The number of amides is 3. The summed E-state index contributed by atoms with van der Waals surface area (Å²) in [5, 5.41) is 8.01. The molecule has 1 heterocycles. The fourth-order valence-electron chi connectivity index (χ4n) is 3.35. The Bertz CT molecular complexity index is 970. The Balaban J connectivity index is 1.45. The van der Waals surface area contributed by atoms with E-state index in [0.717, 1.165) is 25.7 Å². The summed E-state index contributed by atoms with van der Waals surface area (Å²) in [5.41, 5.74) is 1.17. The lowest BCUT2D eigenvalue weighted by Gasteiger charge is -2.20. The van der Waals surface area contributed by atoms with Crippen molar-refractivity contribution in [3.63, 3.8) is 0 Å². The first-order chi connectivity index (χ1) is 14.9. The maximum Gasteiger partial charge on any atom is 0.319 e. The van der Waals surface area contributed by atoms with Gasteiger partial charge in [0.15, 0.2) is 0 Å². The largest absolute Gasteiger partial charge is 0.337 e. The molecule has 2 aromatic carbocycles. The van der Waals surface area contributed by atoms with Crippen molar-refractivity contribution in [2.45, 2.75) is 37.0 Å². The summed E-state index contributed by atoms with van der Waals surface area (Å²) in [5.74, 6) is -0.275. The molecule has 3 amide bonds. The van der Waals surface area contributed by atoms with Crippen LogP contribution in [0.5, 0.6) is 0 Å². The molecule has 0 spiro atoms. The zero-order valence-corrected chi connectivity index (χ0v) is 18.2. The number of nitrogens with zero attached hydrogens (tertiary/aromatic N) is 1. The number of rotatable bonds is 7. The third kappa shape index (κ3) is 6.80. The van der Waals surface area contributed by atoms with Gasteiger partial charge in [0, 0.05) is 37.4 Å².